The van der Waals surface area contributed by atoms with Gasteiger partial charge in [0, 0.05) is 24.7 Å². The molecule has 1 N–H and O–H groups in total. The van der Waals surface area contributed by atoms with Crippen molar-refractivity contribution in [3.8, 4) is 0 Å². The second-order valence-corrected chi connectivity index (χ2v) is 7.90. The number of benzene rings is 1. The van der Waals surface area contributed by atoms with Crippen LogP contribution in [0.3, 0.4) is 0 Å². The van der Waals surface area contributed by atoms with Crippen LogP contribution in [0.4, 0.5) is 0 Å². The molecule has 2 amide bonds. The van der Waals surface area contributed by atoms with Gasteiger partial charge in [-0.05, 0) is 57.3 Å². The van der Waals surface area contributed by atoms with Crippen molar-refractivity contribution in [3.63, 3.8) is 0 Å². The maximum absolute atomic E-state index is 12.7. The number of piperidine rings is 1. The molecule has 1 fully saturated rings. The van der Waals surface area contributed by atoms with Gasteiger partial charge in [0.15, 0.2) is 0 Å². The zero-order chi connectivity index (χ0) is 17.6. The van der Waals surface area contributed by atoms with Gasteiger partial charge < -0.3 is 10.2 Å². The van der Waals surface area contributed by atoms with Crippen LogP contribution < -0.4 is 5.32 Å². The van der Waals surface area contributed by atoms with E-state index >= 15 is 0 Å². The molecule has 2 rings (SSSR count). The van der Waals surface area contributed by atoms with Crippen LogP contribution in [0, 0.1) is 5.41 Å². The highest BCUT2D eigenvalue weighted by molar-refractivity contribution is 7.98. The largest absolute Gasteiger partial charge is 0.353 e. The topological polar surface area (TPSA) is 49.4 Å². The Balaban J connectivity index is 2.00. The number of amides is 2. The number of likely N-dealkylation sites (tertiary alicyclic amines) is 1. The Morgan fingerprint density at radius 1 is 1.33 bits per heavy atom. The molecule has 1 aliphatic heterocycles. The van der Waals surface area contributed by atoms with Crippen LogP contribution in [0.5, 0.6) is 0 Å². The van der Waals surface area contributed by atoms with Crippen molar-refractivity contribution in [2.75, 3.05) is 25.1 Å². The van der Waals surface area contributed by atoms with Gasteiger partial charge in [0.2, 0.25) is 5.91 Å². The number of nitrogens with zero attached hydrogens (tertiary/aromatic N) is 1. The van der Waals surface area contributed by atoms with Crippen molar-refractivity contribution < 1.29 is 9.59 Å². The van der Waals surface area contributed by atoms with Crippen LogP contribution in [0.2, 0.25) is 0 Å². The first-order chi connectivity index (χ1) is 11.5. The predicted molar refractivity (Wildman–Crippen MR) is 100 cm³/mol. The van der Waals surface area contributed by atoms with Crippen molar-refractivity contribution in [2.24, 2.45) is 5.41 Å². The summed E-state index contributed by atoms with van der Waals surface area (Å²) in [6.45, 7) is 5.24. The second kappa shape index (κ2) is 8.56. The van der Waals surface area contributed by atoms with E-state index in [4.69, 9.17) is 0 Å². The van der Waals surface area contributed by atoms with Crippen LogP contribution in [0.25, 0.3) is 0 Å². The molecule has 0 aliphatic carbocycles. The molecule has 132 valence electrons. The van der Waals surface area contributed by atoms with E-state index in [-0.39, 0.29) is 17.9 Å². The highest BCUT2D eigenvalue weighted by atomic mass is 32.2. The summed E-state index contributed by atoms with van der Waals surface area (Å²) in [7, 11) is 0. The first-order valence-electron chi connectivity index (χ1n) is 8.60. The van der Waals surface area contributed by atoms with Gasteiger partial charge >= 0.3 is 0 Å². The lowest BCUT2D eigenvalue weighted by atomic mass is 9.80. The fourth-order valence-electron chi connectivity index (χ4n) is 3.13. The summed E-state index contributed by atoms with van der Waals surface area (Å²) < 4.78 is 0. The molecule has 4 nitrogen and oxygen atoms in total. The Hall–Kier alpha value is -1.49. The summed E-state index contributed by atoms with van der Waals surface area (Å²) in [5.74, 6) is 1.13. The molecule has 0 aromatic heterocycles. The molecule has 1 aliphatic rings. The molecule has 0 unspecified atom stereocenters. The van der Waals surface area contributed by atoms with E-state index in [2.05, 4.69) is 11.6 Å². The van der Waals surface area contributed by atoms with Gasteiger partial charge in [-0.25, -0.2) is 0 Å². The Bertz CT molecular complexity index is 564. The summed E-state index contributed by atoms with van der Waals surface area (Å²) in [5.41, 5.74) is 0.187. The highest BCUT2D eigenvalue weighted by Gasteiger charge is 2.39. The van der Waals surface area contributed by atoms with E-state index in [0.29, 0.717) is 12.1 Å². The number of carbonyl (C=O) groups is 2. The van der Waals surface area contributed by atoms with E-state index in [1.165, 1.54) is 0 Å². The Morgan fingerprint density at radius 3 is 2.71 bits per heavy atom. The van der Waals surface area contributed by atoms with E-state index in [9.17, 15) is 9.59 Å². The van der Waals surface area contributed by atoms with Crippen LogP contribution >= 0.6 is 11.8 Å². The molecule has 0 spiro atoms. The fraction of sp³-hybridized carbons (Fsp3) is 0.579. The molecule has 24 heavy (non-hydrogen) atoms. The summed E-state index contributed by atoms with van der Waals surface area (Å²) in [5, 5.41) is 3.13. The lowest BCUT2D eigenvalue weighted by Gasteiger charge is -2.40. The third-order valence-corrected chi connectivity index (χ3v) is 5.33. The minimum absolute atomic E-state index is 0.0183. The standard InChI is InChI=1S/C19H28N2O2S/c1-15(10-13-24-3)20-18(23)19(2)11-7-12-21(14-19)17(22)16-8-5-4-6-9-16/h4-6,8-9,15H,7,10-14H2,1-3H3,(H,20,23)/t15-,19+/m1/s1. The molecular weight excluding hydrogens is 320 g/mol. The predicted octanol–water partition coefficient (Wildman–Crippen LogP) is 3.19. The summed E-state index contributed by atoms with van der Waals surface area (Å²) in [6.07, 6.45) is 4.73. The average molecular weight is 349 g/mol. The first kappa shape index (κ1) is 18.8. The third-order valence-electron chi connectivity index (χ3n) is 4.69. The number of rotatable bonds is 6. The van der Waals surface area contributed by atoms with Gasteiger partial charge in [-0.3, -0.25) is 9.59 Å². The van der Waals surface area contributed by atoms with Crippen molar-refractivity contribution in [1.82, 2.24) is 10.2 Å². The zero-order valence-corrected chi connectivity index (χ0v) is 15.7. The second-order valence-electron chi connectivity index (χ2n) is 6.91. The quantitative estimate of drug-likeness (QED) is 0.859. The SMILES string of the molecule is CSCC[C@@H](C)NC(=O)[C@@]1(C)CCCN(C(=O)c2ccccc2)C1. The van der Waals surface area contributed by atoms with Gasteiger partial charge in [0.05, 0.1) is 5.41 Å². The van der Waals surface area contributed by atoms with Crippen molar-refractivity contribution in [1.29, 1.82) is 0 Å². The maximum atomic E-state index is 12.7. The molecular formula is C19H28N2O2S. The number of thioether (sulfide) groups is 1. The molecule has 1 heterocycles. The van der Waals surface area contributed by atoms with Crippen molar-refractivity contribution in [2.45, 2.75) is 39.2 Å². The van der Waals surface area contributed by atoms with E-state index in [1.54, 1.807) is 11.8 Å². The number of carbonyl (C=O) groups excluding carboxylic acids is 2. The van der Waals surface area contributed by atoms with E-state index in [0.717, 1.165) is 31.6 Å². The molecule has 1 saturated heterocycles. The fourth-order valence-corrected chi connectivity index (χ4v) is 3.72. The summed E-state index contributed by atoms with van der Waals surface area (Å²) in [6, 6.07) is 9.48. The minimum atomic E-state index is -0.504. The smallest absolute Gasteiger partial charge is 0.253 e. The van der Waals surface area contributed by atoms with Gasteiger partial charge in [-0.1, -0.05) is 18.2 Å². The van der Waals surface area contributed by atoms with Gasteiger partial charge in [0.25, 0.3) is 5.91 Å². The lowest BCUT2D eigenvalue weighted by molar-refractivity contribution is -0.133. The zero-order valence-electron chi connectivity index (χ0n) is 14.9. The molecule has 0 bridgehead atoms. The lowest BCUT2D eigenvalue weighted by Crippen LogP contribution is -2.53. The van der Waals surface area contributed by atoms with Crippen molar-refractivity contribution in [3.05, 3.63) is 35.9 Å². The summed E-state index contributed by atoms with van der Waals surface area (Å²) >= 11 is 1.79. The first-order valence-corrected chi connectivity index (χ1v) is 10.00. The van der Waals surface area contributed by atoms with Crippen LogP contribution in [0.1, 0.15) is 43.5 Å². The monoisotopic (exact) mass is 348 g/mol. The molecule has 0 radical (unpaired) electrons. The minimum Gasteiger partial charge on any atom is -0.353 e. The van der Waals surface area contributed by atoms with E-state index in [1.807, 2.05) is 49.1 Å². The number of hydrogen-bond donors (Lipinski definition) is 1. The van der Waals surface area contributed by atoms with Crippen LogP contribution in [-0.4, -0.2) is 47.9 Å². The van der Waals surface area contributed by atoms with Crippen molar-refractivity contribution >= 4 is 23.6 Å². The Kier molecular flexibility index (Phi) is 6.72. The van der Waals surface area contributed by atoms with Crippen LogP contribution in [-0.2, 0) is 4.79 Å². The summed E-state index contributed by atoms with van der Waals surface area (Å²) in [4.78, 5) is 27.2. The highest BCUT2D eigenvalue weighted by Crippen LogP contribution is 2.30. The molecule has 0 saturated carbocycles. The maximum Gasteiger partial charge on any atom is 0.253 e. The molecule has 2 atom stereocenters. The van der Waals surface area contributed by atoms with Gasteiger partial charge in [-0.2, -0.15) is 11.8 Å². The Labute approximate surface area is 149 Å². The third kappa shape index (κ3) is 4.76. The molecule has 1 aromatic carbocycles. The van der Waals surface area contributed by atoms with E-state index < -0.39 is 5.41 Å². The molecule has 1 aromatic rings. The number of nitrogens with one attached hydrogen (secondary N) is 1. The average Bonchev–Trinajstić information content (AvgIpc) is 2.60. The van der Waals surface area contributed by atoms with Crippen LogP contribution in [0.15, 0.2) is 30.3 Å². The normalized spacial score (nSPS) is 22.0. The van der Waals surface area contributed by atoms with Gasteiger partial charge in [-0.15, -0.1) is 0 Å². The molecule has 5 heteroatoms. The number of hydrogen-bond acceptors (Lipinski definition) is 3. The van der Waals surface area contributed by atoms with Gasteiger partial charge in [0.1, 0.15) is 0 Å². The Morgan fingerprint density at radius 2 is 2.04 bits per heavy atom.